The zero-order valence-corrected chi connectivity index (χ0v) is 12.5. The summed E-state index contributed by atoms with van der Waals surface area (Å²) in [5.74, 6) is 1.69. The first-order valence-electron chi connectivity index (χ1n) is 6.34. The third-order valence-corrected chi connectivity index (χ3v) is 2.42. The van der Waals surface area contributed by atoms with Gasteiger partial charge in [-0.3, -0.25) is 0 Å². The van der Waals surface area contributed by atoms with E-state index in [1.165, 1.54) is 23.7 Å². The molecule has 0 atom stereocenters. The topological polar surface area (TPSA) is 50.0 Å². The van der Waals surface area contributed by atoms with Crippen molar-refractivity contribution in [2.24, 2.45) is 0 Å². The van der Waals surface area contributed by atoms with Crippen LogP contribution in [0.5, 0.6) is 11.5 Å². The first kappa shape index (κ1) is 18.5. The van der Waals surface area contributed by atoms with Crippen LogP contribution in [0.4, 0.5) is 0 Å². The summed E-state index contributed by atoms with van der Waals surface area (Å²) in [7, 11) is 0. The van der Waals surface area contributed by atoms with Gasteiger partial charge < -0.3 is 14.9 Å². The monoisotopic (exact) mass is 286 g/mol. The molecule has 3 nitrogen and oxygen atoms in total. The van der Waals surface area contributed by atoms with Crippen LogP contribution in [-0.4, -0.2) is 5.48 Å². The van der Waals surface area contributed by atoms with Gasteiger partial charge in [0, 0.05) is 0 Å². The van der Waals surface area contributed by atoms with E-state index in [1.54, 1.807) is 0 Å². The minimum absolute atomic E-state index is 0. The molecule has 3 heteroatoms. The Kier molecular flexibility index (Phi) is 9.05. The van der Waals surface area contributed by atoms with Gasteiger partial charge in [0.15, 0.2) is 0 Å². The summed E-state index contributed by atoms with van der Waals surface area (Å²) in [5.41, 5.74) is 2.39. The van der Waals surface area contributed by atoms with Gasteiger partial charge in [-0.05, 0) is 49.2 Å². The van der Waals surface area contributed by atoms with Crippen LogP contribution in [-0.2, 0) is 0 Å². The van der Waals surface area contributed by atoms with Crippen molar-refractivity contribution in [3.8, 4) is 11.5 Å². The van der Waals surface area contributed by atoms with Gasteiger partial charge in [0.25, 0.3) is 0 Å². The fraction of sp³-hybridized carbons (Fsp3) is 0.111. The molecule has 21 heavy (non-hydrogen) atoms. The second-order valence-corrected chi connectivity index (χ2v) is 4.20. The van der Waals surface area contributed by atoms with Crippen LogP contribution in [0.15, 0.2) is 74.2 Å². The predicted molar refractivity (Wildman–Crippen MR) is 87.6 cm³/mol. The first-order valence-corrected chi connectivity index (χ1v) is 6.34. The summed E-state index contributed by atoms with van der Waals surface area (Å²) in [6.07, 6.45) is 2.85. The lowest BCUT2D eigenvalue weighted by Gasteiger charge is -1.98. The van der Waals surface area contributed by atoms with Gasteiger partial charge in [-0.2, -0.15) is 0 Å². The van der Waals surface area contributed by atoms with Gasteiger partial charge in [0.05, 0.1) is 12.5 Å². The zero-order chi connectivity index (χ0) is 14.8. The molecule has 0 fully saturated rings. The SMILES string of the molecule is C=COc1cccc(C)c1.C=COc1cccc(C)c1.O. The number of benzene rings is 2. The number of hydrogen-bond donors (Lipinski definition) is 0. The van der Waals surface area contributed by atoms with E-state index in [2.05, 4.69) is 13.2 Å². The molecule has 0 bridgehead atoms. The van der Waals surface area contributed by atoms with Gasteiger partial charge in [-0.25, -0.2) is 0 Å². The zero-order valence-electron chi connectivity index (χ0n) is 12.5. The van der Waals surface area contributed by atoms with E-state index in [-0.39, 0.29) is 5.48 Å². The minimum atomic E-state index is 0. The van der Waals surface area contributed by atoms with E-state index in [0.29, 0.717) is 0 Å². The average Bonchev–Trinajstić information content (AvgIpc) is 2.40. The number of rotatable bonds is 4. The molecule has 2 aromatic rings. The molecular formula is C18H22O3. The van der Waals surface area contributed by atoms with Crippen molar-refractivity contribution in [3.05, 3.63) is 85.3 Å². The van der Waals surface area contributed by atoms with Crippen molar-refractivity contribution in [1.82, 2.24) is 0 Å². The molecule has 0 aliphatic carbocycles. The summed E-state index contributed by atoms with van der Waals surface area (Å²) in [6.45, 7) is 11.0. The summed E-state index contributed by atoms with van der Waals surface area (Å²) in [6, 6.07) is 15.7. The number of ether oxygens (including phenoxy) is 2. The Hall–Kier alpha value is -2.52. The Morgan fingerprint density at radius 3 is 1.43 bits per heavy atom. The molecule has 0 heterocycles. The van der Waals surface area contributed by atoms with Crippen LogP contribution in [0.3, 0.4) is 0 Å². The Labute approximate surface area is 126 Å². The van der Waals surface area contributed by atoms with Crippen molar-refractivity contribution in [2.75, 3.05) is 0 Å². The molecule has 0 unspecified atom stereocenters. The normalized spacial score (nSPS) is 8.48. The van der Waals surface area contributed by atoms with Crippen LogP contribution < -0.4 is 9.47 Å². The fourth-order valence-electron chi connectivity index (χ4n) is 1.57. The van der Waals surface area contributed by atoms with E-state index in [9.17, 15) is 0 Å². The quantitative estimate of drug-likeness (QED) is 0.790. The Morgan fingerprint density at radius 2 is 1.14 bits per heavy atom. The largest absolute Gasteiger partial charge is 0.466 e. The molecule has 2 N–H and O–H groups in total. The summed E-state index contributed by atoms with van der Waals surface area (Å²) in [4.78, 5) is 0. The summed E-state index contributed by atoms with van der Waals surface area (Å²) >= 11 is 0. The molecule has 112 valence electrons. The molecule has 0 amide bonds. The molecule has 0 aliphatic rings. The smallest absolute Gasteiger partial charge is 0.126 e. The van der Waals surface area contributed by atoms with Gasteiger partial charge in [-0.15, -0.1) is 0 Å². The van der Waals surface area contributed by atoms with Gasteiger partial charge in [0.1, 0.15) is 11.5 Å². The van der Waals surface area contributed by atoms with Crippen LogP contribution in [0.2, 0.25) is 0 Å². The van der Waals surface area contributed by atoms with Crippen molar-refractivity contribution < 1.29 is 14.9 Å². The van der Waals surface area contributed by atoms with Crippen molar-refractivity contribution in [3.63, 3.8) is 0 Å². The molecule has 0 aromatic heterocycles. The maximum Gasteiger partial charge on any atom is 0.126 e. The molecule has 0 saturated heterocycles. The Bertz CT molecular complexity index is 510. The standard InChI is InChI=1S/2C9H10O.H2O/c2*1-3-10-9-6-4-5-8(2)7-9;/h2*3-7H,1H2,2H3;1H2. The highest BCUT2D eigenvalue weighted by Gasteiger charge is 1.88. The third-order valence-electron chi connectivity index (χ3n) is 2.42. The van der Waals surface area contributed by atoms with Crippen molar-refractivity contribution in [1.29, 1.82) is 0 Å². The highest BCUT2D eigenvalue weighted by Crippen LogP contribution is 2.12. The number of aryl methyl sites for hydroxylation is 2. The third kappa shape index (κ3) is 7.60. The van der Waals surface area contributed by atoms with Crippen LogP contribution >= 0.6 is 0 Å². The molecule has 0 radical (unpaired) electrons. The van der Waals surface area contributed by atoms with Crippen LogP contribution in [0, 0.1) is 13.8 Å². The van der Waals surface area contributed by atoms with Crippen molar-refractivity contribution in [2.45, 2.75) is 13.8 Å². The highest BCUT2D eigenvalue weighted by atomic mass is 16.5. The number of hydrogen-bond acceptors (Lipinski definition) is 2. The highest BCUT2D eigenvalue weighted by molar-refractivity contribution is 5.28. The van der Waals surface area contributed by atoms with Gasteiger partial charge in [0.2, 0.25) is 0 Å². The summed E-state index contributed by atoms with van der Waals surface area (Å²) in [5, 5.41) is 0. The molecule has 2 aromatic carbocycles. The van der Waals surface area contributed by atoms with E-state index in [1.807, 2.05) is 62.4 Å². The second kappa shape index (κ2) is 10.3. The van der Waals surface area contributed by atoms with Gasteiger partial charge in [-0.1, -0.05) is 37.4 Å². The average molecular weight is 286 g/mol. The Balaban J connectivity index is 0.000000364. The minimum Gasteiger partial charge on any atom is -0.466 e. The lowest BCUT2D eigenvalue weighted by molar-refractivity contribution is 0.483. The molecule has 0 aliphatic heterocycles. The van der Waals surface area contributed by atoms with Crippen LogP contribution in [0.1, 0.15) is 11.1 Å². The lowest BCUT2D eigenvalue weighted by Crippen LogP contribution is -1.80. The fourth-order valence-corrected chi connectivity index (χ4v) is 1.57. The summed E-state index contributed by atoms with van der Waals surface area (Å²) < 4.78 is 10.1. The lowest BCUT2D eigenvalue weighted by atomic mass is 10.2. The molecule has 0 spiro atoms. The second-order valence-electron chi connectivity index (χ2n) is 4.20. The molecule has 0 saturated carbocycles. The van der Waals surface area contributed by atoms with E-state index >= 15 is 0 Å². The van der Waals surface area contributed by atoms with Crippen LogP contribution in [0.25, 0.3) is 0 Å². The molecular weight excluding hydrogens is 264 g/mol. The maximum absolute atomic E-state index is 5.05. The van der Waals surface area contributed by atoms with E-state index in [0.717, 1.165) is 11.5 Å². The Morgan fingerprint density at radius 1 is 0.762 bits per heavy atom. The molecule has 2 rings (SSSR count). The van der Waals surface area contributed by atoms with Gasteiger partial charge >= 0.3 is 0 Å². The maximum atomic E-state index is 5.05. The van der Waals surface area contributed by atoms with Crippen molar-refractivity contribution >= 4 is 0 Å². The van der Waals surface area contributed by atoms with E-state index < -0.39 is 0 Å². The van der Waals surface area contributed by atoms with E-state index in [4.69, 9.17) is 9.47 Å². The predicted octanol–water partition coefficient (Wildman–Crippen LogP) is 4.21. The first-order chi connectivity index (χ1) is 9.65.